The predicted octanol–water partition coefficient (Wildman–Crippen LogP) is 0.685. The van der Waals surface area contributed by atoms with Crippen LogP contribution >= 0.6 is 0 Å². The highest BCUT2D eigenvalue weighted by Crippen LogP contribution is 2.27. The molecule has 1 aliphatic rings. The molecule has 6 nitrogen and oxygen atoms in total. The van der Waals surface area contributed by atoms with E-state index in [1.54, 1.807) is 4.57 Å². The number of sulfonamides is 1. The number of nitrogens with zero attached hydrogens (tertiary/aromatic N) is 1. The zero-order valence-electron chi connectivity index (χ0n) is 10.9. The second-order valence-electron chi connectivity index (χ2n) is 4.95. The van der Waals surface area contributed by atoms with Gasteiger partial charge in [-0.05, 0) is 31.2 Å². The molecule has 1 aliphatic carbocycles. The van der Waals surface area contributed by atoms with Crippen LogP contribution in [0.2, 0.25) is 0 Å². The van der Waals surface area contributed by atoms with Crippen molar-refractivity contribution in [2.24, 2.45) is 11.1 Å². The summed E-state index contributed by atoms with van der Waals surface area (Å²) in [5.41, 5.74) is 0.353. The van der Waals surface area contributed by atoms with Gasteiger partial charge in [0.2, 0.25) is 10.0 Å². The number of aryl methyl sites for hydroxylation is 1. The van der Waals surface area contributed by atoms with Crippen molar-refractivity contribution in [3.05, 3.63) is 18.0 Å². The van der Waals surface area contributed by atoms with E-state index in [0.29, 0.717) is 24.7 Å². The number of amides is 1. The molecule has 0 unspecified atom stereocenters. The van der Waals surface area contributed by atoms with E-state index in [1.165, 1.54) is 12.3 Å². The van der Waals surface area contributed by atoms with Crippen LogP contribution in [-0.4, -0.2) is 25.4 Å². The molecule has 0 aliphatic heterocycles. The molecule has 2 rings (SSSR count). The Morgan fingerprint density at radius 1 is 1.53 bits per heavy atom. The van der Waals surface area contributed by atoms with Gasteiger partial charge in [0, 0.05) is 19.3 Å². The van der Waals surface area contributed by atoms with Gasteiger partial charge in [-0.3, -0.25) is 4.79 Å². The predicted molar refractivity (Wildman–Crippen MR) is 71.2 cm³/mol. The molecular formula is C12H19N3O3S. The van der Waals surface area contributed by atoms with Crippen molar-refractivity contribution in [3.8, 4) is 0 Å². The molecule has 1 saturated carbocycles. The van der Waals surface area contributed by atoms with E-state index in [4.69, 9.17) is 5.14 Å². The molecule has 1 amide bonds. The Morgan fingerprint density at radius 3 is 2.74 bits per heavy atom. The zero-order valence-corrected chi connectivity index (χ0v) is 11.7. The normalized spacial score (nSPS) is 15.5. The third kappa shape index (κ3) is 3.57. The Balaban J connectivity index is 2.20. The van der Waals surface area contributed by atoms with Crippen molar-refractivity contribution in [2.45, 2.75) is 37.6 Å². The molecule has 106 valence electrons. The van der Waals surface area contributed by atoms with Crippen LogP contribution in [0.25, 0.3) is 0 Å². The molecule has 0 radical (unpaired) electrons. The van der Waals surface area contributed by atoms with E-state index >= 15 is 0 Å². The molecule has 1 heterocycles. The number of carbonyl (C=O) groups excluding carboxylic acids is 1. The van der Waals surface area contributed by atoms with Gasteiger partial charge in [0.25, 0.3) is 5.91 Å². The average molecular weight is 285 g/mol. The first-order chi connectivity index (χ1) is 8.91. The number of nitrogens with two attached hydrogens (primary N) is 1. The molecular weight excluding hydrogens is 266 g/mol. The minimum absolute atomic E-state index is 0.0162. The summed E-state index contributed by atoms with van der Waals surface area (Å²) < 4.78 is 24.3. The van der Waals surface area contributed by atoms with E-state index in [2.05, 4.69) is 5.32 Å². The summed E-state index contributed by atoms with van der Waals surface area (Å²) in [5, 5.41) is 7.92. The standard InChI is InChI=1S/C12H19N3O3S/c1-2-5-15-8-10(19(13,17)18)6-11(15)12(16)14-7-9-3-4-9/h6,8-9H,2-5,7H2,1H3,(H,14,16)(H2,13,17,18). The number of hydrogen-bond donors (Lipinski definition) is 2. The lowest BCUT2D eigenvalue weighted by Gasteiger charge is -2.07. The molecule has 19 heavy (non-hydrogen) atoms. The lowest BCUT2D eigenvalue weighted by Crippen LogP contribution is -2.27. The number of carbonyl (C=O) groups is 1. The maximum absolute atomic E-state index is 12.0. The van der Waals surface area contributed by atoms with Crippen LogP contribution in [0.3, 0.4) is 0 Å². The summed E-state index contributed by atoms with van der Waals surface area (Å²) in [7, 11) is -3.78. The van der Waals surface area contributed by atoms with Crippen molar-refractivity contribution < 1.29 is 13.2 Å². The van der Waals surface area contributed by atoms with Gasteiger partial charge in [-0.25, -0.2) is 13.6 Å². The van der Waals surface area contributed by atoms with Gasteiger partial charge in [0.1, 0.15) is 10.6 Å². The number of primary sulfonamides is 1. The van der Waals surface area contributed by atoms with Gasteiger partial charge >= 0.3 is 0 Å². The monoisotopic (exact) mass is 285 g/mol. The first-order valence-electron chi connectivity index (χ1n) is 6.43. The van der Waals surface area contributed by atoms with Gasteiger partial charge in [-0.1, -0.05) is 6.92 Å². The summed E-state index contributed by atoms with van der Waals surface area (Å²) in [4.78, 5) is 12.0. The van der Waals surface area contributed by atoms with E-state index in [9.17, 15) is 13.2 Å². The fourth-order valence-corrected chi connectivity index (χ4v) is 2.46. The molecule has 0 aromatic carbocycles. The maximum Gasteiger partial charge on any atom is 0.267 e. The molecule has 0 saturated heterocycles. The highest BCUT2D eigenvalue weighted by atomic mass is 32.2. The van der Waals surface area contributed by atoms with E-state index in [-0.39, 0.29) is 10.8 Å². The van der Waals surface area contributed by atoms with Crippen LogP contribution in [-0.2, 0) is 16.6 Å². The zero-order chi connectivity index (χ0) is 14.0. The van der Waals surface area contributed by atoms with Crippen LogP contribution in [0, 0.1) is 5.92 Å². The summed E-state index contributed by atoms with van der Waals surface area (Å²) in [5.74, 6) is 0.339. The van der Waals surface area contributed by atoms with Crippen LogP contribution in [0.15, 0.2) is 17.2 Å². The first kappa shape index (κ1) is 14.1. The summed E-state index contributed by atoms with van der Waals surface area (Å²) in [6, 6.07) is 1.34. The molecule has 0 spiro atoms. The Bertz CT molecular complexity index is 573. The Morgan fingerprint density at radius 2 is 2.21 bits per heavy atom. The molecule has 7 heteroatoms. The van der Waals surface area contributed by atoms with Crippen LogP contribution in [0.1, 0.15) is 36.7 Å². The van der Waals surface area contributed by atoms with Crippen LogP contribution < -0.4 is 10.5 Å². The van der Waals surface area contributed by atoms with Crippen LogP contribution in [0.4, 0.5) is 0 Å². The fourth-order valence-electron chi connectivity index (χ4n) is 1.91. The molecule has 1 aromatic rings. The topological polar surface area (TPSA) is 94.2 Å². The van der Waals surface area contributed by atoms with Gasteiger partial charge in [0.15, 0.2) is 0 Å². The number of nitrogens with one attached hydrogen (secondary N) is 1. The van der Waals surface area contributed by atoms with Gasteiger partial charge in [0.05, 0.1) is 0 Å². The van der Waals surface area contributed by atoms with Gasteiger partial charge in [-0.15, -0.1) is 0 Å². The Hall–Kier alpha value is -1.34. The smallest absolute Gasteiger partial charge is 0.267 e. The molecule has 3 N–H and O–H groups in total. The molecule has 0 atom stereocenters. The minimum atomic E-state index is -3.78. The second kappa shape index (κ2) is 5.34. The summed E-state index contributed by atoms with van der Waals surface area (Å²) in [6.07, 6.45) is 4.53. The third-order valence-electron chi connectivity index (χ3n) is 3.15. The van der Waals surface area contributed by atoms with E-state index in [0.717, 1.165) is 19.3 Å². The Labute approximate surface area is 113 Å². The average Bonchev–Trinajstić information content (AvgIpc) is 3.04. The highest BCUT2D eigenvalue weighted by Gasteiger charge is 2.23. The highest BCUT2D eigenvalue weighted by molar-refractivity contribution is 7.89. The molecule has 0 bridgehead atoms. The van der Waals surface area contributed by atoms with E-state index in [1.807, 2.05) is 6.92 Å². The van der Waals surface area contributed by atoms with Crippen molar-refractivity contribution in [1.82, 2.24) is 9.88 Å². The Kier molecular flexibility index (Phi) is 3.96. The molecule has 1 aromatic heterocycles. The SMILES string of the molecule is CCCn1cc(S(N)(=O)=O)cc1C(=O)NCC1CC1. The lowest BCUT2D eigenvalue weighted by molar-refractivity contribution is 0.0942. The van der Waals surface area contributed by atoms with Crippen molar-refractivity contribution in [1.29, 1.82) is 0 Å². The van der Waals surface area contributed by atoms with Gasteiger partial charge in [-0.2, -0.15) is 0 Å². The number of aromatic nitrogens is 1. The second-order valence-corrected chi connectivity index (χ2v) is 6.51. The van der Waals surface area contributed by atoms with E-state index < -0.39 is 10.0 Å². The third-order valence-corrected chi connectivity index (χ3v) is 4.03. The van der Waals surface area contributed by atoms with Crippen LogP contribution in [0.5, 0.6) is 0 Å². The first-order valence-corrected chi connectivity index (χ1v) is 7.97. The fraction of sp³-hybridized carbons (Fsp3) is 0.583. The van der Waals surface area contributed by atoms with Crippen molar-refractivity contribution in [3.63, 3.8) is 0 Å². The number of rotatable bonds is 6. The quantitative estimate of drug-likeness (QED) is 0.805. The van der Waals surface area contributed by atoms with Gasteiger partial charge < -0.3 is 9.88 Å². The minimum Gasteiger partial charge on any atom is -0.350 e. The van der Waals surface area contributed by atoms with Crippen molar-refractivity contribution >= 4 is 15.9 Å². The number of hydrogen-bond acceptors (Lipinski definition) is 3. The largest absolute Gasteiger partial charge is 0.350 e. The van der Waals surface area contributed by atoms with Crippen molar-refractivity contribution in [2.75, 3.05) is 6.54 Å². The maximum atomic E-state index is 12.0. The lowest BCUT2D eigenvalue weighted by atomic mass is 10.3. The summed E-state index contributed by atoms with van der Waals surface area (Å²) in [6.45, 7) is 3.20. The summed E-state index contributed by atoms with van der Waals surface area (Å²) >= 11 is 0. The molecule has 1 fully saturated rings.